The van der Waals surface area contributed by atoms with E-state index < -0.39 is 11.9 Å². The van der Waals surface area contributed by atoms with Gasteiger partial charge in [-0.1, -0.05) is 12.0 Å². The van der Waals surface area contributed by atoms with E-state index in [0.29, 0.717) is 5.56 Å². The van der Waals surface area contributed by atoms with E-state index >= 15 is 0 Å². The molecule has 0 aliphatic heterocycles. The zero-order valence-electron chi connectivity index (χ0n) is 8.90. The fraction of sp³-hybridized carbons (Fsp3) is 0.167. The molecular formula is C12H10O4. The van der Waals surface area contributed by atoms with Gasteiger partial charge in [-0.3, -0.25) is 0 Å². The molecule has 0 spiro atoms. The van der Waals surface area contributed by atoms with Gasteiger partial charge in [-0.2, -0.15) is 0 Å². The van der Waals surface area contributed by atoms with E-state index in [0.717, 1.165) is 5.56 Å². The Kier molecular flexibility index (Phi) is 3.67. The normalized spacial score (nSPS) is 8.88. The van der Waals surface area contributed by atoms with Crippen LogP contribution >= 0.6 is 0 Å². The molecule has 0 amide bonds. The van der Waals surface area contributed by atoms with E-state index in [2.05, 4.69) is 16.6 Å². The number of hydrogen-bond acceptors (Lipinski definition) is 3. The lowest BCUT2D eigenvalue weighted by molar-refractivity contribution is -0.133. The van der Waals surface area contributed by atoms with Crippen molar-refractivity contribution in [1.82, 2.24) is 0 Å². The summed E-state index contributed by atoms with van der Waals surface area (Å²) in [5, 5.41) is 8.78. The summed E-state index contributed by atoms with van der Waals surface area (Å²) in [5.74, 6) is 3.14. The minimum Gasteiger partial charge on any atom is -0.478 e. The third-order valence-electron chi connectivity index (χ3n) is 1.97. The molecule has 0 bridgehead atoms. The second kappa shape index (κ2) is 4.99. The largest absolute Gasteiger partial charge is 0.478 e. The minimum atomic E-state index is -1.03. The summed E-state index contributed by atoms with van der Waals surface area (Å²) in [7, 11) is 1.23. The topological polar surface area (TPSA) is 63.6 Å². The van der Waals surface area contributed by atoms with E-state index in [-0.39, 0.29) is 5.56 Å². The van der Waals surface area contributed by atoms with Gasteiger partial charge in [0, 0.05) is 11.5 Å². The number of carbonyl (C=O) groups excluding carboxylic acids is 1. The average Bonchev–Trinajstić information content (AvgIpc) is 2.27. The quantitative estimate of drug-likeness (QED) is 0.568. The van der Waals surface area contributed by atoms with Crippen LogP contribution in [0.3, 0.4) is 0 Å². The van der Waals surface area contributed by atoms with Crippen LogP contribution in [0.15, 0.2) is 18.2 Å². The number of benzene rings is 1. The van der Waals surface area contributed by atoms with E-state index in [1.54, 1.807) is 13.0 Å². The Morgan fingerprint density at radius 2 is 2.06 bits per heavy atom. The Hall–Kier alpha value is -2.28. The van der Waals surface area contributed by atoms with Crippen molar-refractivity contribution in [2.75, 3.05) is 7.11 Å². The Morgan fingerprint density at radius 3 is 2.62 bits per heavy atom. The van der Waals surface area contributed by atoms with E-state index in [9.17, 15) is 9.59 Å². The number of methoxy groups -OCH3 is 1. The number of carbonyl (C=O) groups is 2. The molecule has 0 fully saturated rings. The Bertz CT molecular complexity index is 491. The molecule has 0 unspecified atom stereocenters. The first-order chi connectivity index (χ1) is 7.54. The highest BCUT2D eigenvalue weighted by atomic mass is 16.5. The van der Waals surface area contributed by atoms with Crippen molar-refractivity contribution in [2.24, 2.45) is 0 Å². The van der Waals surface area contributed by atoms with Crippen molar-refractivity contribution >= 4 is 11.9 Å². The maximum Gasteiger partial charge on any atom is 0.384 e. The molecule has 1 rings (SSSR count). The van der Waals surface area contributed by atoms with Gasteiger partial charge in [0.15, 0.2) is 0 Å². The SMILES string of the molecule is COC(=O)C#Cc1cc(C(=O)O)ccc1C. The number of hydrogen-bond donors (Lipinski definition) is 1. The molecule has 82 valence electrons. The van der Waals surface area contributed by atoms with Gasteiger partial charge >= 0.3 is 11.9 Å². The monoisotopic (exact) mass is 218 g/mol. The fourth-order valence-corrected chi connectivity index (χ4v) is 1.06. The zero-order chi connectivity index (χ0) is 12.1. The molecule has 0 heterocycles. The van der Waals surface area contributed by atoms with Gasteiger partial charge in [0.05, 0.1) is 12.7 Å². The lowest BCUT2D eigenvalue weighted by Crippen LogP contribution is -1.98. The van der Waals surface area contributed by atoms with Crippen molar-refractivity contribution in [1.29, 1.82) is 0 Å². The fourth-order valence-electron chi connectivity index (χ4n) is 1.06. The summed E-state index contributed by atoms with van der Waals surface area (Å²) in [6.45, 7) is 1.78. The van der Waals surface area contributed by atoms with Crippen LogP contribution in [0.5, 0.6) is 0 Å². The number of carboxylic acids is 1. The Balaban J connectivity index is 3.11. The summed E-state index contributed by atoms with van der Waals surface area (Å²) in [6.07, 6.45) is 0. The van der Waals surface area contributed by atoms with Crippen LogP contribution in [0, 0.1) is 18.8 Å². The van der Waals surface area contributed by atoms with Crippen molar-refractivity contribution in [2.45, 2.75) is 6.92 Å². The second-order valence-electron chi connectivity index (χ2n) is 3.08. The van der Waals surface area contributed by atoms with E-state index in [4.69, 9.17) is 5.11 Å². The van der Waals surface area contributed by atoms with Crippen LogP contribution in [0.1, 0.15) is 21.5 Å². The van der Waals surface area contributed by atoms with Crippen LogP contribution in [0.2, 0.25) is 0 Å². The van der Waals surface area contributed by atoms with Gasteiger partial charge in [-0.15, -0.1) is 0 Å². The first-order valence-corrected chi connectivity index (χ1v) is 4.48. The molecule has 1 N–H and O–H groups in total. The number of aromatic carboxylic acids is 1. The Morgan fingerprint density at radius 1 is 1.38 bits per heavy atom. The number of ether oxygens (including phenoxy) is 1. The van der Waals surface area contributed by atoms with Crippen LogP contribution < -0.4 is 0 Å². The van der Waals surface area contributed by atoms with Crippen LogP contribution in [-0.4, -0.2) is 24.2 Å². The minimum absolute atomic E-state index is 0.139. The average molecular weight is 218 g/mol. The molecule has 0 saturated carbocycles. The van der Waals surface area contributed by atoms with E-state index in [1.807, 2.05) is 0 Å². The number of carboxylic acid groups (broad SMARTS) is 1. The van der Waals surface area contributed by atoms with Crippen LogP contribution in [0.4, 0.5) is 0 Å². The van der Waals surface area contributed by atoms with Crippen molar-refractivity contribution in [3.05, 3.63) is 34.9 Å². The third-order valence-corrected chi connectivity index (χ3v) is 1.97. The molecule has 16 heavy (non-hydrogen) atoms. The molecular weight excluding hydrogens is 208 g/mol. The predicted molar refractivity (Wildman–Crippen MR) is 57.0 cm³/mol. The van der Waals surface area contributed by atoms with Crippen molar-refractivity contribution in [3.63, 3.8) is 0 Å². The summed E-state index contributed by atoms with van der Waals surface area (Å²) < 4.78 is 4.36. The summed E-state index contributed by atoms with van der Waals surface area (Å²) in [6, 6.07) is 4.55. The summed E-state index contributed by atoms with van der Waals surface area (Å²) in [5.41, 5.74) is 1.45. The summed E-state index contributed by atoms with van der Waals surface area (Å²) in [4.78, 5) is 21.5. The number of aryl methyl sites for hydroxylation is 1. The molecule has 0 saturated heterocycles. The maximum absolute atomic E-state index is 10.8. The summed E-state index contributed by atoms with van der Waals surface area (Å²) >= 11 is 0. The highest BCUT2D eigenvalue weighted by Gasteiger charge is 2.04. The lowest BCUT2D eigenvalue weighted by atomic mass is 10.1. The van der Waals surface area contributed by atoms with Crippen LogP contribution in [-0.2, 0) is 9.53 Å². The molecule has 4 heteroatoms. The smallest absolute Gasteiger partial charge is 0.384 e. The molecule has 0 aliphatic carbocycles. The molecule has 0 atom stereocenters. The standard InChI is InChI=1S/C12H10O4/c1-8-3-4-10(12(14)15)7-9(8)5-6-11(13)16-2/h3-4,7H,1-2H3,(H,14,15). The highest BCUT2D eigenvalue weighted by molar-refractivity contribution is 5.90. The first kappa shape index (κ1) is 11.8. The molecule has 4 nitrogen and oxygen atoms in total. The van der Waals surface area contributed by atoms with Gasteiger partial charge in [-0.25, -0.2) is 9.59 Å². The van der Waals surface area contributed by atoms with Gasteiger partial charge in [0.25, 0.3) is 0 Å². The molecule has 1 aromatic rings. The predicted octanol–water partition coefficient (Wildman–Crippen LogP) is 1.22. The lowest BCUT2D eigenvalue weighted by Gasteiger charge is -1.99. The first-order valence-electron chi connectivity index (χ1n) is 4.48. The highest BCUT2D eigenvalue weighted by Crippen LogP contribution is 2.09. The van der Waals surface area contributed by atoms with Crippen LogP contribution in [0.25, 0.3) is 0 Å². The van der Waals surface area contributed by atoms with Crippen molar-refractivity contribution in [3.8, 4) is 11.8 Å². The molecule has 0 aromatic heterocycles. The Labute approximate surface area is 92.9 Å². The maximum atomic E-state index is 10.8. The van der Waals surface area contributed by atoms with Gasteiger partial charge in [-0.05, 0) is 24.6 Å². The van der Waals surface area contributed by atoms with E-state index in [1.165, 1.54) is 19.2 Å². The third kappa shape index (κ3) is 2.85. The second-order valence-corrected chi connectivity index (χ2v) is 3.08. The molecule has 0 aliphatic rings. The number of rotatable bonds is 1. The van der Waals surface area contributed by atoms with Crippen molar-refractivity contribution < 1.29 is 19.4 Å². The van der Waals surface area contributed by atoms with Gasteiger partial charge < -0.3 is 9.84 Å². The molecule has 1 aromatic carbocycles. The van der Waals surface area contributed by atoms with Gasteiger partial charge in [0.2, 0.25) is 0 Å². The van der Waals surface area contributed by atoms with Gasteiger partial charge in [0.1, 0.15) is 0 Å². The molecule has 0 radical (unpaired) electrons. The zero-order valence-corrected chi connectivity index (χ0v) is 8.90. The number of esters is 1.